The molecule has 1 rings (SSSR count). The van der Waals surface area contributed by atoms with Gasteiger partial charge in [-0.05, 0) is 45.3 Å². The van der Waals surface area contributed by atoms with Crippen molar-refractivity contribution < 1.29 is 4.79 Å². The summed E-state index contributed by atoms with van der Waals surface area (Å²) in [6.07, 6.45) is 4.18. The van der Waals surface area contributed by atoms with Crippen molar-refractivity contribution in [1.82, 2.24) is 15.3 Å². The number of carbonyl (C=O) groups is 1. The number of likely N-dealkylation sites (tertiary alicyclic amines) is 1. The van der Waals surface area contributed by atoms with Gasteiger partial charge in [0.1, 0.15) is 0 Å². The normalized spacial score (nSPS) is 19.5. The molecule has 4 nitrogen and oxygen atoms in total. The third-order valence-electron chi connectivity index (χ3n) is 2.97. The van der Waals surface area contributed by atoms with Crippen molar-refractivity contribution in [2.24, 2.45) is 5.92 Å². The molecule has 0 aliphatic carbocycles. The van der Waals surface area contributed by atoms with Crippen molar-refractivity contribution >= 4 is 5.91 Å². The molecule has 15 heavy (non-hydrogen) atoms. The molecule has 0 aromatic heterocycles. The topological polar surface area (TPSA) is 35.6 Å². The molecule has 1 saturated heterocycles. The minimum absolute atomic E-state index is 0.138. The fourth-order valence-electron chi connectivity index (χ4n) is 1.99. The van der Waals surface area contributed by atoms with E-state index in [1.807, 2.05) is 14.1 Å². The maximum atomic E-state index is 11.4. The third-order valence-corrected chi connectivity index (χ3v) is 2.97. The van der Waals surface area contributed by atoms with E-state index in [9.17, 15) is 4.79 Å². The zero-order chi connectivity index (χ0) is 11.3. The molecule has 0 bridgehead atoms. The average molecular weight is 213 g/mol. The number of hydrogen-bond acceptors (Lipinski definition) is 3. The summed E-state index contributed by atoms with van der Waals surface area (Å²) in [4.78, 5) is 13.8. The van der Waals surface area contributed by atoms with Gasteiger partial charge in [-0.1, -0.05) is 0 Å². The van der Waals surface area contributed by atoms with Crippen LogP contribution in [0.1, 0.15) is 25.7 Å². The van der Waals surface area contributed by atoms with Gasteiger partial charge in [0, 0.05) is 20.5 Å². The lowest BCUT2D eigenvalue weighted by molar-refractivity contribution is -0.125. The molecule has 1 N–H and O–H groups in total. The van der Waals surface area contributed by atoms with Crippen LogP contribution in [0.4, 0.5) is 0 Å². The first-order valence-corrected chi connectivity index (χ1v) is 5.73. The van der Waals surface area contributed by atoms with Gasteiger partial charge in [-0.25, -0.2) is 5.01 Å². The zero-order valence-electron chi connectivity index (χ0n) is 10.1. The molecule has 0 radical (unpaired) electrons. The summed E-state index contributed by atoms with van der Waals surface area (Å²) in [6.45, 7) is 2.36. The second-order valence-electron chi connectivity index (χ2n) is 4.71. The fraction of sp³-hybridized carbons (Fsp3) is 0.909. The van der Waals surface area contributed by atoms with Crippen molar-refractivity contribution in [2.75, 3.05) is 34.2 Å². The molecule has 1 aliphatic rings. The van der Waals surface area contributed by atoms with E-state index in [4.69, 9.17) is 0 Å². The standard InChI is InChI=1S/C11H23N3O/c1-13(2)12-11(15)5-4-10-6-8-14(3)9-7-10/h10H,4-9H2,1-3H3,(H,12,15). The molecule has 1 heterocycles. The lowest BCUT2D eigenvalue weighted by Gasteiger charge is -2.28. The molecule has 88 valence electrons. The van der Waals surface area contributed by atoms with Crippen LogP contribution in [0.15, 0.2) is 0 Å². The molecule has 0 atom stereocenters. The molecule has 4 heteroatoms. The van der Waals surface area contributed by atoms with Crippen LogP contribution in [0.25, 0.3) is 0 Å². The third kappa shape index (κ3) is 5.14. The zero-order valence-corrected chi connectivity index (χ0v) is 10.1. The second kappa shape index (κ2) is 6.08. The smallest absolute Gasteiger partial charge is 0.234 e. The van der Waals surface area contributed by atoms with E-state index in [-0.39, 0.29) is 5.91 Å². The van der Waals surface area contributed by atoms with Gasteiger partial charge in [0.2, 0.25) is 5.91 Å². The number of carbonyl (C=O) groups excluding carboxylic acids is 1. The summed E-state index contributed by atoms with van der Waals surface area (Å²) in [5.41, 5.74) is 2.78. The van der Waals surface area contributed by atoms with Crippen LogP contribution in [0, 0.1) is 5.92 Å². The Balaban J connectivity index is 2.12. The number of hydrazine groups is 1. The summed E-state index contributed by atoms with van der Waals surface area (Å²) in [5.74, 6) is 0.882. The van der Waals surface area contributed by atoms with Crippen molar-refractivity contribution in [2.45, 2.75) is 25.7 Å². The number of nitrogens with zero attached hydrogens (tertiary/aromatic N) is 2. The monoisotopic (exact) mass is 213 g/mol. The van der Waals surface area contributed by atoms with Crippen LogP contribution in [0.2, 0.25) is 0 Å². The van der Waals surface area contributed by atoms with E-state index in [1.165, 1.54) is 25.9 Å². The minimum Gasteiger partial charge on any atom is -0.306 e. The van der Waals surface area contributed by atoms with E-state index in [1.54, 1.807) is 5.01 Å². The molecule has 1 aliphatic heterocycles. The number of amides is 1. The summed E-state index contributed by atoms with van der Waals surface area (Å²) >= 11 is 0. The van der Waals surface area contributed by atoms with E-state index in [2.05, 4.69) is 17.4 Å². The van der Waals surface area contributed by atoms with E-state index in [0.29, 0.717) is 6.42 Å². The predicted molar refractivity (Wildman–Crippen MR) is 61.3 cm³/mol. The summed E-state index contributed by atoms with van der Waals surface area (Å²) in [6, 6.07) is 0. The summed E-state index contributed by atoms with van der Waals surface area (Å²) in [7, 11) is 5.84. The SMILES string of the molecule is CN1CCC(CCC(=O)NN(C)C)CC1. The molecular formula is C11H23N3O. The average Bonchev–Trinajstić information content (AvgIpc) is 2.16. The molecule has 0 saturated carbocycles. The maximum absolute atomic E-state index is 11.4. The van der Waals surface area contributed by atoms with Gasteiger partial charge in [-0.2, -0.15) is 0 Å². The summed E-state index contributed by atoms with van der Waals surface area (Å²) in [5, 5.41) is 1.71. The van der Waals surface area contributed by atoms with Crippen LogP contribution < -0.4 is 5.43 Å². The highest BCUT2D eigenvalue weighted by molar-refractivity contribution is 5.75. The fourth-order valence-corrected chi connectivity index (χ4v) is 1.99. The van der Waals surface area contributed by atoms with Crippen molar-refractivity contribution in [3.05, 3.63) is 0 Å². The lowest BCUT2D eigenvalue weighted by atomic mass is 9.92. The Morgan fingerprint density at radius 1 is 1.40 bits per heavy atom. The van der Waals surface area contributed by atoms with E-state index in [0.717, 1.165) is 12.3 Å². The first-order valence-electron chi connectivity index (χ1n) is 5.73. The lowest BCUT2D eigenvalue weighted by Crippen LogP contribution is -2.36. The first kappa shape index (κ1) is 12.5. The van der Waals surface area contributed by atoms with Crippen LogP contribution in [-0.2, 0) is 4.79 Å². The van der Waals surface area contributed by atoms with Gasteiger partial charge < -0.3 is 4.90 Å². The van der Waals surface area contributed by atoms with Crippen molar-refractivity contribution in [3.63, 3.8) is 0 Å². The Morgan fingerprint density at radius 2 is 2.00 bits per heavy atom. The molecule has 1 amide bonds. The van der Waals surface area contributed by atoms with Crippen LogP contribution >= 0.6 is 0 Å². The highest BCUT2D eigenvalue weighted by atomic mass is 16.2. The van der Waals surface area contributed by atoms with Gasteiger partial charge in [0.05, 0.1) is 0 Å². The quantitative estimate of drug-likeness (QED) is 0.698. The Morgan fingerprint density at radius 3 is 2.53 bits per heavy atom. The Bertz CT molecular complexity index is 198. The second-order valence-corrected chi connectivity index (χ2v) is 4.71. The number of nitrogens with one attached hydrogen (secondary N) is 1. The van der Waals surface area contributed by atoms with Crippen LogP contribution in [-0.4, -0.2) is 50.0 Å². The predicted octanol–water partition coefficient (Wildman–Crippen LogP) is 0.701. The highest BCUT2D eigenvalue weighted by Crippen LogP contribution is 2.20. The van der Waals surface area contributed by atoms with Gasteiger partial charge in [0.15, 0.2) is 0 Å². The molecule has 0 spiro atoms. The first-order chi connectivity index (χ1) is 7.08. The van der Waals surface area contributed by atoms with E-state index < -0.39 is 0 Å². The Kier molecular flexibility index (Phi) is 5.05. The van der Waals surface area contributed by atoms with Crippen molar-refractivity contribution in [1.29, 1.82) is 0 Å². The molecule has 0 aromatic carbocycles. The molecular weight excluding hydrogens is 190 g/mol. The van der Waals surface area contributed by atoms with E-state index >= 15 is 0 Å². The highest BCUT2D eigenvalue weighted by Gasteiger charge is 2.17. The maximum Gasteiger partial charge on any atom is 0.234 e. The van der Waals surface area contributed by atoms with Gasteiger partial charge in [-0.3, -0.25) is 10.2 Å². The molecule has 0 unspecified atom stereocenters. The number of rotatable bonds is 4. The molecule has 0 aromatic rings. The van der Waals surface area contributed by atoms with Crippen LogP contribution in [0.3, 0.4) is 0 Å². The Hall–Kier alpha value is -0.610. The van der Waals surface area contributed by atoms with Gasteiger partial charge >= 0.3 is 0 Å². The number of piperidine rings is 1. The minimum atomic E-state index is 0.138. The van der Waals surface area contributed by atoms with Gasteiger partial charge in [0.25, 0.3) is 0 Å². The van der Waals surface area contributed by atoms with Crippen LogP contribution in [0.5, 0.6) is 0 Å². The molecule has 1 fully saturated rings. The largest absolute Gasteiger partial charge is 0.306 e. The Labute approximate surface area is 92.6 Å². The number of hydrogen-bond donors (Lipinski definition) is 1. The van der Waals surface area contributed by atoms with Crippen molar-refractivity contribution in [3.8, 4) is 0 Å². The van der Waals surface area contributed by atoms with Gasteiger partial charge in [-0.15, -0.1) is 0 Å². The summed E-state index contributed by atoms with van der Waals surface area (Å²) < 4.78 is 0.